The van der Waals surface area contributed by atoms with Gasteiger partial charge in [-0.1, -0.05) is 12.1 Å². The SMILES string of the molecule is NCc1ccc(C2CC3(C2)CN(c2ccc(OC(F)(F)F)cc2)C3)c(F)c1. The van der Waals surface area contributed by atoms with E-state index in [0.717, 1.165) is 42.7 Å². The molecule has 1 saturated heterocycles. The molecule has 2 aromatic rings. The standard InChI is InChI=1S/C20H20F4N2O/c21-18-7-13(10-25)1-6-17(18)14-8-19(9-14)11-26(12-19)15-2-4-16(5-3-15)27-20(22,23)24/h1-7,14H,8-12,25H2. The number of nitrogens with zero attached hydrogens (tertiary/aromatic N) is 1. The largest absolute Gasteiger partial charge is 0.573 e. The molecule has 2 fully saturated rings. The van der Waals surface area contributed by atoms with Gasteiger partial charge < -0.3 is 15.4 Å². The third-order valence-corrected chi connectivity index (χ3v) is 5.59. The van der Waals surface area contributed by atoms with Gasteiger partial charge in [0.25, 0.3) is 0 Å². The summed E-state index contributed by atoms with van der Waals surface area (Å²) in [5, 5.41) is 0. The molecule has 0 bridgehead atoms. The second kappa shape index (κ2) is 6.41. The van der Waals surface area contributed by atoms with Gasteiger partial charge in [-0.05, 0) is 60.2 Å². The lowest BCUT2D eigenvalue weighted by atomic mass is 9.56. The first-order valence-corrected chi connectivity index (χ1v) is 8.86. The van der Waals surface area contributed by atoms with Gasteiger partial charge in [-0.25, -0.2) is 4.39 Å². The Bertz CT molecular complexity index is 821. The minimum atomic E-state index is -4.68. The Hall–Kier alpha value is -2.28. The molecule has 1 heterocycles. The number of alkyl halides is 3. The van der Waals surface area contributed by atoms with E-state index in [4.69, 9.17) is 5.73 Å². The van der Waals surface area contributed by atoms with Crippen LogP contribution in [-0.2, 0) is 6.54 Å². The van der Waals surface area contributed by atoms with E-state index in [1.807, 2.05) is 12.1 Å². The van der Waals surface area contributed by atoms with Crippen molar-refractivity contribution in [2.45, 2.75) is 31.7 Å². The number of ether oxygens (including phenoxy) is 1. The minimum Gasteiger partial charge on any atom is -0.406 e. The molecule has 2 aliphatic rings. The molecule has 2 N–H and O–H groups in total. The molecule has 144 valence electrons. The van der Waals surface area contributed by atoms with E-state index >= 15 is 0 Å². The first-order valence-electron chi connectivity index (χ1n) is 8.86. The third kappa shape index (κ3) is 3.60. The number of nitrogens with two attached hydrogens (primary N) is 1. The summed E-state index contributed by atoms with van der Waals surface area (Å²) in [7, 11) is 0. The van der Waals surface area contributed by atoms with E-state index < -0.39 is 6.36 Å². The molecule has 1 aliphatic carbocycles. The number of anilines is 1. The smallest absolute Gasteiger partial charge is 0.406 e. The van der Waals surface area contributed by atoms with Gasteiger partial charge in [0, 0.05) is 30.7 Å². The molecule has 1 spiro atoms. The quantitative estimate of drug-likeness (QED) is 0.790. The van der Waals surface area contributed by atoms with Gasteiger partial charge in [0.1, 0.15) is 11.6 Å². The zero-order valence-corrected chi connectivity index (χ0v) is 14.6. The monoisotopic (exact) mass is 380 g/mol. The van der Waals surface area contributed by atoms with Crippen LogP contribution in [0.2, 0.25) is 0 Å². The summed E-state index contributed by atoms with van der Waals surface area (Å²) < 4.78 is 54.8. The van der Waals surface area contributed by atoms with Crippen molar-refractivity contribution in [1.82, 2.24) is 0 Å². The number of rotatable bonds is 4. The van der Waals surface area contributed by atoms with Crippen molar-refractivity contribution in [1.29, 1.82) is 0 Å². The second-order valence-corrected chi connectivity index (χ2v) is 7.56. The molecule has 1 saturated carbocycles. The van der Waals surface area contributed by atoms with Crippen LogP contribution < -0.4 is 15.4 Å². The Morgan fingerprint density at radius 2 is 1.74 bits per heavy atom. The highest BCUT2D eigenvalue weighted by Crippen LogP contribution is 2.57. The normalized spacial score (nSPS) is 18.9. The summed E-state index contributed by atoms with van der Waals surface area (Å²) in [5.74, 6) is -0.183. The van der Waals surface area contributed by atoms with E-state index in [-0.39, 0.29) is 22.9 Å². The molecule has 0 radical (unpaired) electrons. The van der Waals surface area contributed by atoms with Crippen molar-refractivity contribution in [2.24, 2.45) is 11.1 Å². The predicted molar refractivity (Wildman–Crippen MR) is 94.0 cm³/mol. The average molecular weight is 380 g/mol. The van der Waals surface area contributed by atoms with Crippen molar-refractivity contribution < 1.29 is 22.3 Å². The van der Waals surface area contributed by atoms with Gasteiger partial charge >= 0.3 is 6.36 Å². The van der Waals surface area contributed by atoms with Crippen molar-refractivity contribution in [2.75, 3.05) is 18.0 Å². The molecule has 0 amide bonds. The molecule has 2 aromatic carbocycles. The summed E-state index contributed by atoms with van der Waals surface area (Å²) in [6.45, 7) is 2.00. The topological polar surface area (TPSA) is 38.5 Å². The molecule has 0 unspecified atom stereocenters. The summed E-state index contributed by atoms with van der Waals surface area (Å²) in [4.78, 5) is 2.13. The lowest BCUT2D eigenvalue weighted by Crippen LogP contribution is -2.62. The zero-order chi connectivity index (χ0) is 19.2. The maximum absolute atomic E-state index is 14.2. The maximum atomic E-state index is 14.2. The fourth-order valence-electron chi connectivity index (χ4n) is 4.30. The van der Waals surface area contributed by atoms with Crippen molar-refractivity contribution in [3.05, 3.63) is 59.4 Å². The molecular weight excluding hydrogens is 360 g/mol. The molecule has 1 aliphatic heterocycles. The molecule has 27 heavy (non-hydrogen) atoms. The van der Waals surface area contributed by atoms with Gasteiger partial charge in [-0.3, -0.25) is 0 Å². The molecule has 0 atom stereocenters. The van der Waals surface area contributed by atoms with Gasteiger partial charge in [0.2, 0.25) is 0 Å². The van der Waals surface area contributed by atoms with Crippen LogP contribution in [0.15, 0.2) is 42.5 Å². The minimum absolute atomic E-state index is 0.185. The van der Waals surface area contributed by atoms with Gasteiger partial charge in [-0.2, -0.15) is 0 Å². The van der Waals surface area contributed by atoms with Crippen LogP contribution in [0.3, 0.4) is 0 Å². The van der Waals surface area contributed by atoms with Crippen LogP contribution in [0.1, 0.15) is 29.9 Å². The Kier molecular flexibility index (Phi) is 4.29. The van der Waals surface area contributed by atoms with E-state index in [2.05, 4.69) is 9.64 Å². The summed E-state index contributed by atoms with van der Waals surface area (Å²) in [6, 6.07) is 11.1. The van der Waals surface area contributed by atoms with Crippen LogP contribution in [0, 0.1) is 11.2 Å². The number of hydrogen-bond acceptors (Lipinski definition) is 3. The molecule has 0 aromatic heterocycles. The molecule has 7 heteroatoms. The summed E-state index contributed by atoms with van der Waals surface area (Å²) in [5.41, 5.74) is 8.14. The number of benzene rings is 2. The molecule has 4 rings (SSSR count). The lowest BCUT2D eigenvalue weighted by Gasteiger charge is -2.60. The van der Waals surface area contributed by atoms with Crippen molar-refractivity contribution in [3.63, 3.8) is 0 Å². The van der Waals surface area contributed by atoms with Gasteiger partial charge in [0.15, 0.2) is 0 Å². The Balaban J connectivity index is 1.33. The van der Waals surface area contributed by atoms with E-state index in [1.54, 1.807) is 12.1 Å². The van der Waals surface area contributed by atoms with E-state index in [0.29, 0.717) is 6.54 Å². The number of hydrogen-bond donors (Lipinski definition) is 1. The average Bonchev–Trinajstić information content (AvgIpc) is 2.53. The Morgan fingerprint density at radius 3 is 2.30 bits per heavy atom. The first-order chi connectivity index (χ1) is 12.8. The maximum Gasteiger partial charge on any atom is 0.573 e. The van der Waals surface area contributed by atoms with Crippen LogP contribution in [-0.4, -0.2) is 19.5 Å². The highest BCUT2D eigenvalue weighted by atomic mass is 19.4. The Morgan fingerprint density at radius 1 is 1.07 bits per heavy atom. The highest BCUT2D eigenvalue weighted by molar-refractivity contribution is 5.53. The number of halogens is 4. The zero-order valence-electron chi connectivity index (χ0n) is 14.6. The Labute approximate surface area is 154 Å². The summed E-state index contributed by atoms with van der Waals surface area (Å²) >= 11 is 0. The fourth-order valence-corrected chi connectivity index (χ4v) is 4.30. The molecule has 3 nitrogen and oxygen atoms in total. The first kappa shape index (κ1) is 18.1. The van der Waals surface area contributed by atoms with E-state index in [1.165, 1.54) is 18.2 Å². The second-order valence-electron chi connectivity index (χ2n) is 7.56. The fraction of sp³-hybridized carbons (Fsp3) is 0.400. The predicted octanol–water partition coefficient (Wildman–Crippen LogP) is 4.57. The van der Waals surface area contributed by atoms with Gasteiger partial charge in [0.05, 0.1) is 0 Å². The van der Waals surface area contributed by atoms with Gasteiger partial charge in [-0.15, -0.1) is 13.2 Å². The van der Waals surface area contributed by atoms with E-state index in [9.17, 15) is 17.6 Å². The molecular formula is C20H20F4N2O. The highest BCUT2D eigenvalue weighted by Gasteiger charge is 2.53. The van der Waals surface area contributed by atoms with Crippen LogP contribution in [0.25, 0.3) is 0 Å². The van der Waals surface area contributed by atoms with Crippen LogP contribution in [0.5, 0.6) is 5.75 Å². The van der Waals surface area contributed by atoms with Crippen LogP contribution in [0.4, 0.5) is 23.2 Å². The van der Waals surface area contributed by atoms with Crippen LogP contribution >= 0.6 is 0 Å². The van der Waals surface area contributed by atoms with Crippen molar-refractivity contribution in [3.8, 4) is 5.75 Å². The van der Waals surface area contributed by atoms with Crippen molar-refractivity contribution >= 4 is 5.69 Å². The third-order valence-electron chi connectivity index (χ3n) is 5.59. The lowest BCUT2D eigenvalue weighted by molar-refractivity contribution is -0.274. The summed E-state index contributed by atoms with van der Waals surface area (Å²) in [6.07, 6.45) is -2.82.